The minimum atomic E-state index is 0.610. The molecule has 0 bridgehead atoms. The molecule has 3 nitrogen and oxygen atoms in total. The standard InChI is InChI=1S/C13H15Cl2N3S/c1-2-16-4-3-11-8-19-13(17-11)18-12-6-9(14)5-10(15)7-12/h5-8,16H,2-4H2,1H3,(H,17,18). The molecule has 0 atom stereocenters. The molecular weight excluding hydrogens is 301 g/mol. The Balaban J connectivity index is 1.99. The minimum absolute atomic E-state index is 0.610. The number of hydrogen-bond donors (Lipinski definition) is 2. The lowest BCUT2D eigenvalue weighted by Crippen LogP contribution is -2.16. The number of rotatable bonds is 6. The van der Waals surface area contributed by atoms with Gasteiger partial charge in [0.2, 0.25) is 0 Å². The summed E-state index contributed by atoms with van der Waals surface area (Å²) in [5.74, 6) is 0. The summed E-state index contributed by atoms with van der Waals surface area (Å²) in [5.41, 5.74) is 1.94. The number of thiazole rings is 1. The van der Waals surface area contributed by atoms with Crippen molar-refractivity contribution in [2.75, 3.05) is 18.4 Å². The minimum Gasteiger partial charge on any atom is -0.331 e. The molecule has 0 aliphatic carbocycles. The highest BCUT2D eigenvalue weighted by Crippen LogP contribution is 2.26. The van der Waals surface area contributed by atoms with Gasteiger partial charge >= 0.3 is 0 Å². The Bertz CT molecular complexity index is 522. The highest BCUT2D eigenvalue weighted by Gasteiger charge is 2.04. The zero-order valence-electron chi connectivity index (χ0n) is 10.5. The van der Waals surface area contributed by atoms with Gasteiger partial charge in [0.25, 0.3) is 0 Å². The monoisotopic (exact) mass is 315 g/mol. The van der Waals surface area contributed by atoms with Gasteiger partial charge in [-0.2, -0.15) is 0 Å². The first-order valence-corrected chi connectivity index (χ1v) is 7.69. The quantitative estimate of drug-likeness (QED) is 0.778. The van der Waals surface area contributed by atoms with Gasteiger partial charge in [0.1, 0.15) is 0 Å². The van der Waals surface area contributed by atoms with Crippen LogP contribution in [0.3, 0.4) is 0 Å². The first-order valence-electron chi connectivity index (χ1n) is 6.05. The second-order valence-electron chi connectivity index (χ2n) is 4.03. The Kier molecular flexibility index (Phi) is 5.45. The van der Waals surface area contributed by atoms with E-state index in [0.29, 0.717) is 10.0 Å². The van der Waals surface area contributed by atoms with Gasteiger partial charge in [-0.05, 0) is 24.7 Å². The van der Waals surface area contributed by atoms with E-state index in [2.05, 4.69) is 27.9 Å². The normalized spacial score (nSPS) is 10.7. The van der Waals surface area contributed by atoms with Crippen LogP contribution in [-0.4, -0.2) is 18.1 Å². The Hall–Kier alpha value is -0.810. The summed E-state index contributed by atoms with van der Waals surface area (Å²) in [6, 6.07) is 5.36. The number of likely N-dealkylation sites (N-methyl/N-ethyl adjacent to an activating group) is 1. The summed E-state index contributed by atoms with van der Waals surface area (Å²) < 4.78 is 0. The number of halogens is 2. The lowest BCUT2D eigenvalue weighted by atomic mass is 10.3. The van der Waals surface area contributed by atoms with Crippen molar-refractivity contribution in [3.8, 4) is 0 Å². The number of anilines is 2. The van der Waals surface area contributed by atoms with Gasteiger partial charge < -0.3 is 10.6 Å². The van der Waals surface area contributed by atoms with Crippen LogP contribution in [0, 0.1) is 0 Å². The molecule has 0 aliphatic heterocycles. The maximum absolute atomic E-state index is 5.96. The van der Waals surface area contributed by atoms with E-state index in [1.807, 2.05) is 12.1 Å². The van der Waals surface area contributed by atoms with E-state index in [9.17, 15) is 0 Å². The van der Waals surface area contributed by atoms with Crippen molar-refractivity contribution in [3.63, 3.8) is 0 Å². The van der Waals surface area contributed by atoms with Crippen molar-refractivity contribution in [2.45, 2.75) is 13.3 Å². The number of nitrogens with one attached hydrogen (secondary N) is 2. The molecule has 102 valence electrons. The average molecular weight is 316 g/mol. The van der Waals surface area contributed by atoms with E-state index in [-0.39, 0.29) is 0 Å². The summed E-state index contributed by atoms with van der Waals surface area (Å²) >= 11 is 13.5. The summed E-state index contributed by atoms with van der Waals surface area (Å²) in [6.07, 6.45) is 0.933. The van der Waals surface area contributed by atoms with Crippen LogP contribution in [0.2, 0.25) is 10.0 Å². The zero-order valence-corrected chi connectivity index (χ0v) is 12.9. The Morgan fingerprint density at radius 3 is 2.63 bits per heavy atom. The first-order chi connectivity index (χ1) is 9.17. The third-order valence-corrected chi connectivity index (χ3v) is 3.72. The predicted octanol–water partition coefficient (Wildman–Crippen LogP) is 4.35. The smallest absolute Gasteiger partial charge is 0.187 e. The molecule has 0 fully saturated rings. The Morgan fingerprint density at radius 2 is 1.95 bits per heavy atom. The maximum atomic E-state index is 5.96. The van der Waals surface area contributed by atoms with E-state index in [1.54, 1.807) is 17.4 Å². The molecule has 0 radical (unpaired) electrons. The number of benzene rings is 1. The van der Waals surface area contributed by atoms with E-state index in [1.165, 1.54) is 0 Å². The number of hydrogen-bond acceptors (Lipinski definition) is 4. The van der Waals surface area contributed by atoms with Crippen LogP contribution in [0.5, 0.6) is 0 Å². The fraction of sp³-hybridized carbons (Fsp3) is 0.308. The van der Waals surface area contributed by atoms with E-state index < -0.39 is 0 Å². The SMILES string of the molecule is CCNCCc1csc(Nc2cc(Cl)cc(Cl)c2)n1. The largest absolute Gasteiger partial charge is 0.331 e. The van der Waals surface area contributed by atoms with Gasteiger partial charge in [-0.1, -0.05) is 30.1 Å². The fourth-order valence-corrected chi connectivity index (χ4v) is 2.91. The molecule has 19 heavy (non-hydrogen) atoms. The van der Waals surface area contributed by atoms with Crippen molar-refractivity contribution in [2.24, 2.45) is 0 Å². The van der Waals surface area contributed by atoms with Crippen LogP contribution < -0.4 is 10.6 Å². The van der Waals surface area contributed by atoms with Crippen molar-refractivity contribution in [1.82, 2.24) is 10.3 Å². The van der Waals surface area contributed by atoms with E-state index in [0.717, 1.165) is 36.0 Å². The summed E-state index contributed by atoms with van der Waals surface area (Å²) in [6.45, 7) is 4.02. The molecule has 6 heteroatoms. The zero-order chi connectivity index (χ0) is 13.7. The summed E-state index contributed by atoms with van der Waals surface area (Å²) in [4.78, 5) is 4.52. The van der Waals surface area contributed by atoms with E-state index in [4.69, 9.17) is 23.2 Å². The highest BCUT2D eigenvalue weighted by molar-refractivity contribution is 7.13. The third-order valence-electron chi connectivity index (χ3n) is 2.47. The molecule has 0 saturated heterocycles. The number of nitrogens with zero attached hydrogens (tertiary/aromatic N) is 1. The molecule has 0 amide bonds. The molecule has 1 aromatic carbocycles. The average Bonchev–Trinajstić information content (AvgIpc) is 2.76. The summed E-state index contributed by atoms with van der Waals surface area (Å²) in [7, 11) is 0. The van der Waals surface area contributed by atoms with Crippen LogP contribution in [0.25, 0.3) is 0 Å². The van der Waals surface area contributed by atoms with Crippen molar-refractivity contribution < 1.29 is 0 Å². The van der Waals surface area contributed by atoms with Crippen LogP contribution in [-0.2, 0) is 6.42 Å². The van der Waals surface area contributed by atoms with Gasteiger partial charge in [0.05, 0.1) is 5.69 Å². The van der Waals surface area contributed by atoms with E-state index >= 15 is 0 Å². The van der Waals surface area contributed by atoms with Gasteiger partial charge in [0.15, 0.2) is 5.13 Å². The predicted molar refractivity (Wildman–Crippen MR) is 84.1 cm³/mol. The van der Waals surface area contributed by atoms with Gasteiger partial charge in [-0.3, -0.25) is 0 Å². The topological polar surface area (TPSA) is 37.0 Å². The highest BCUT2D eigenvalue weighted by atomic mass is 35.5. The van der Waals surface area contributed by atoms with Gasteiger partial charge in [-0.15, -0.1) is 11.3 Å². The molecule has 2 aromatic rings. The second-order valence-corrected chi connectivity index (χ2v) is 5.76. The molecule has 2 N–H and O–H groups in total. The number of aromatic nitrogens is 1. The molecular formula is C13H15Cl2N3S. The van der Waals surface area contributed by atoms with Crippen molar-refractivity contribution in [3.05, 3.63) is 39.3 Å². The molecule has 0 aliphatic rings. The molecule has 0 unspecified atom stereocenters. The van der Waals surface area contributed by atoms with Crippen LogP contribution in [0.15, 0.2) is 23.6 Å². The van der Waals surface area contributed by atoms with Crippen molar-refractivity contribution in [1.29, 1.82) is 0 Å². The van der Waals surface area contributed by atoms with Crippen LogP contribution in [0.1, 0.15) is 12.6 Å². The summed E-state index contributed by atoms with van der Waals surface area (Å²) in [5, 5.41) is 10.6. The Morgan fingerprint density at radius 1 is 1.21 bits per heavy atom. The molecule has 2 rings (SSSR count). The second kappa shape index (κ2) is 7.10. The van der Waals surface area contributed by atoms with Gasteiger partial charge in [0, 0.05) is 34.1 Å². The third kappa shape index (κ3) is 4.66. The lowest BCUT2D eigenvalue weighted by molar-refractivity contribution is 0.710. The molecule has 0 spiro atoms. The molecule has 1 heterocycles. The first kappa shape index (κ1) is 14.6. The Labute approximate surface area is 127 Å². The maximum Gasteiger partial charge on any atom is 0.187 e. The van der Waals surface area contributed by atoms with Crippen LogP contribution >= 0.6 is 34.5 Å². The van der Waals surface area contributed by atoms with Gasteiger partial charge in [-0.25, -0.2) is 4.98 Å². The van der Waals surface area contributed by atoms with Crippen molar-refractivity contribution >= 4 is 45.4 Å². The van der Waals surface area contributed by atoms with Crippen LogP contribution in [0.4, 0.5) is 10.8 Å². The lowest BCUT2D eigenvalue weighted by Gasteiger charge is -2.03. The fourth-order valence-electron chi connectivity index (χ4n) is 1.62. The molecule has 0 saturated carbocycles. The molecule has 1 aromatic heterocycles.